The van der Waals surface area contributed by atoms with Crippen molar-refractivity contribution in [3.05, 3.63) is 47.1 Å². The van der Waals surface area contributed by atoms with E-state index in [1.807, 2.05) is 0 Å². The van der Waals surface area contributed by atoms with E-state index < -0.39 is 0 Å². The molecular formula is C13H12ClN3O2. The summed E-state index contributed by atoms with van der Waals surface area (Å²) in [6, 6.07) is 8.06. The lowest BCUT2D eigenvalue weighted by Crippen LogP contribution is -2.14. The van der Waals surface area contributed by atoms with Crippen LogP contribution in [-0.4, -0.2) is 18.0 Å². The van der Waals surface area contributed by atoms with Crippen LogP contribution < -0.4 is 15.8 Å². The lowest BCUT2D eigenvalue weighted by molar-refractivity contribution is 0.102. The van der Waals surface area contributed by atoms with Crippen molar-refractivity contribution >= 4 is 28.9 Å². The maximum absolute atomic E-state index is 12.0. The number of amides is 1. The van der Waals surface area contributed by atoms with Gasteiger partial charge in [-0.3, -0.25) is 4.79 Å². The first kappa shape index (κ1) is 13.2. The Bertz CT molecular complexity index is 599. The Morgan fingerprint density at radius 2 is 2.16 bits per heavy atom. The average Bonchev–Trinajstić information content (AvgIpc) is 2.39. The van der Waals surface area contributed by atoms with Crippen LogP contribution >= 0.6 is 11.6 Å². The molecule has 2 rings (SSSR count). The van der Waals surface area contributed by atoms with Crippen LogP contribution in [0, 0.1) is 0 Å². The lowest BCUT2D eigenvalue weighted by Gasteiger charge is -2.08. The molecule has 6 heteroatoms. The van der Waals surface area contributed by atoms with E-state index in [2.05, 4.69) is 10.3 Å². The zero-order chi connectivity index (χ0) is 13.8. The van der Waals surface area contributed by atoms with Gasteiger partial charge in [0.1, 0.15) is 0 Å². The van der Waals surface area contributed by atoms with Crippen molar-refractivity contribution in [2.75, 3.05) is 18.2 Å². The fourth-order valence-corrected chi connectivity index (χ4v) is 1.69. The monoisotopic (exact) mass is 277 g/mol. The summed E-state index contributed by atoms with van der Waals surface area (Å²) < 4.78 is 4.93. The summed E-state index contributed by atoms with van der Waals surface area (Å²) in [6.45, 7) is 0. The Labute approximate surface area is 115 Å². The average molecular weight is 278 g/mol. The molecule has 0 aliphatic rings. The number of carbonyl (C=O) groups excluding carboxylic acids is 1. The van der Waals surface area contributed by atoms with Gasteiger partial charge in [0.05, 0.1) is 24.6 Å². The number of halogens is 1. The smallest absolute Gasteiger partial charge is 0.257 e. The molecule has 1 aromatic carbocycles. The van der Waals surface area contributed by atoms with E-state index >= 15 is 0 Å². The van der Waals surface area contributed by atoms with Gasteiger partial charge in [-0.2, -0.15) is 0 Å². The first-order chi connectivity index (χ1) is 9.10. The van der Waals surface area contributed by atoms with Gasteiger partial charge in [0.2, 0.25) is 5.88 Å². The Kier molecular flexibility index (Phi) is 3.87. The number of nitrogen functional groups attached to an aromatic ring is 1. The third kappa shape index (κ3) is 3.14. The minimum atomic E-state index is -0.318. The van der Waals surface area contributed by atoms with Crippen LogP contribution in [0.15, 0.2) is 36.5 Å². The summed E-state index contributed by atoms with van der Waals surface area (Å²) in [5.74, 6) is 0.158. The second kappa shape index (κ2) is 5.58. The molecule has 0 bridgehead atoms. The van der Waals surface area contributed by atoms with Crippen LogP contribution in [0.25, 0.3) is 0 Å². The quantitative estimate of drug-likeness (QED) is 0.846. The van der Waals surface area contributed by atoms with Gasteiger partial charge in [0.25, 0.3) is 5.91 Å². The van der Waals surface area contributed by atoms with Gasteiger partial charge in [-0.1, -0.05) is 11.6 Å². The van der Waals surface area contributed by atoms with Crippen LogP contribution in [0.3, 0.4) is 0 Å². The maximum Gasteiger partial charge on any atom is 0.257 e. The van der Waals surface area contributed by atoms with Crippen molar-refractivity contribution in [3.8, 4) is 5.88 Å². The molecule has 0 aliphatic carbocycles. The number of anilines is 2. The van der Waals surface area contributed by atoms with Gasteiger partial charge >= 0.3 is 0 Å². The summed E-state index contributed by atoms with van der Waals surface area (Å²) in [4.78, 5) is 16.0. The van der Waals surface area contributed by atoms with Gasteiger partial charge in [-0.05, 0) is 24.3 Å². The predicted octanol–water partition coefficient (Wildman–Crippen LogP) is 2.58. The van der Waals surface area contributed by atoms with Gasteiger partial charge in [0.15, 0.2) is 0 Å². The number of hydrogen-bond acceptors (Lipinski definition) is 4. The van der Waals surface area contributed by atoms with Crippen LogP contribution in [0.5, 0.6) is 5.88 Å². The number of pyridine rings is 1. The number of ether oxygens (including phenoxy) is 1. The molecule has 0 saturated heterocycles. The molecular weight excluding hydrogens is 266 g/mol. The molecule has 98 valence electrons. The summed E-state index contributed by atoms with van der Waals surface area (Å²) in [5, 5.41) is 3.18. The summed E-state index contributed by atoms with van der Waals surface area (Å²) in [7, 11) is 1.52. The van der Waals surface area contributed by atoms with Crippen molar-refractivity contribution in [2.45, 2.75) is 0 Å². The molecule has 5 nitrogen and oxygen atoms in total. The molecule has 1 aromatic heterocycles. The topological polar surface area (TPSA) is 77.2 Å². The fourth-order valence-electron chi connectivity index (χ4n) is 1.51. The van der Waals surface area contributed by atoms with Crippen molar-refractivity contribution in [3.63, 3.8) is 0 Å². The molecule has 0 atom stereocenters. The van der Waals surface area contributed by atoms with Crippen LogP contribution in [0.1, 0.15) is 10.4 Å². The SMILES string of the molecule is COc1ccc(NC(=O)c2ccc(Cl)cc2N)cn1. The number of nitrogens with one attached hydrogen (secondary N) is 1. The van der Waals surface area contributed by atoms with Crippen LogP contribution in [0.2, 0.25) is 5.02 Å². The van der Waals surface area contributed by atoms with E-state index in [1.54, 1.807) is 24.3 Å². The number of nitrogens with two attached hydrogens (primary N) is 1. The second-order valence-electron chi connectivity index (χ2n) is 3.77. The highest BCUT2D eigenvalue weighted by Crippen LogP contribution is 2.19. The van der Waals surface area contributed by atoms with Crippen LogP contribution in [0.4, 0.5) is 11.4 Å². The lowest BCUT2D eigenvalue weighted by atomic mass is 10.1. The Morgan fingerprint density at radius 3 is 2.74 bits per heavy atom. The van der Waals surface area contributed by atoms with Crippen molar-refractivity contribution in [2.24, 2.45) is 0 Å². The number of rotatable bonds is 3. The Morgan fingerprint density at radius 1 is 1.37 bits per heavy atom. The molecule has 0 radical (unpaired) electrons. The Balaban J connectivity index is 2.15. The molecule has 1 heterocycles. The summed E-state index contributed by atoms with van der Waals surface area (Å²) >= 11 is 5.78. The van der Waals surface area contributed by atoms with Crippen LogP contribution in [-0.2, 0) is 0 Å². The van der Waals surface area contributed by atoms with Gasteiger partial charge in [-0.15, -0.1) is 0 Å². The summed E-state index contributed by atoms with van der Waals surface area (Å²) in [5.41, 5.74) is 6.98. The maximum atomic E-state index is 12.0. The largest absolute Gasteiger partial charge is 0.481 e. The third-order valence-electron chi connectivity index (χ3n) is 2.46. The van der Waals surface area contributed by atoms with Gasteiger partial charge in [-0.25, -0.2) is 4.98 Å². The van der Waals surface area contributed by atoms with E-state index in [0.717, 1.165) is 0 Å². The number of nitrogens with zero attached hydrogens (tertiary/aromatic N) is 1. The molecule has 0 spiro atoms. The third-order valence-corrected chi connectivity index (χ3v) is 2.70. The predicted molar refractivity (Wildman–Crippen MR) is 74.6 cm³/mol. The highest BCUT2D eigenvalue weighted by Gasteiger charge is 2.10. The first-order valence-electron chi connectivity index (χ1n) is 5.46. The highest BCUT2D eigenvalue weighted by atomic mass is 35.5. The fraction of sp³-hybridized carbons (Fsp3) is 0.0769. The number of carbonyl (C=O) groups is 1. The van der Waals surface area contributed by atoms with Crippen molar-refractivity contribution < 1.29 is 9.53 Å². The Hall–Kier alpha value is -2.27. The zero-order valence-corrected chi connectivity index (χ0v) is 10.9. The first-order valence-corrected chi connectivity index (χ1v) is 5.84. The zero-order valence-electron chi connectivity index (χ0n) is 10.2. The molecule has 0 fully saturated rings. The summed E-state index contributed by atoms with van der Waals surface area (Å²) in [6.07, 6.45) is 1.50. The standard InChI is InChI=1S/C13H12ClN3O2/c1-19-12-5-3-9(7-16-12)17-13(18)10-4-2-8(14)6-11(10)15/h2-7H,15H2,1H3,(H,17,18). The molecule has 0 unspecified atom stereocenters. The molecule has 19 heavy (non-hydrogen) atoms. The molecule has 1 amide bonds. The molecule has 3 N–H and O–H groups in total. The minimum absolute atomic E-state index is 0.318. The number of methoxy groups -OCH3 is 1. The number of hydrogen-bond donors (Lipinski definition) is 2. The van der Waals surface area contributed by atoms with Crippen molar-refractivity contribution in [1.82, 2.24) is 4.98 Å². The number of benzene rings is 1. The minimum Gasteiger partial charge on any atom is -0.481 e. The molecule has 0 saturated carbocycles. The van der Waals surface area contributed by atoms with E-state index in [-0.39, 0.29) is 5.91 Å². The van der Waals surface area contributed by atoms with E-state index in [9.17, 15) is 4.79 Å². The van der Waals surface area contributed by atoms with Crippen molar-refractivity contribution in [1.29, 1.82) is 0 Å². The molecule has 0 aliphatic heterocycles. The molecule has 2 aromatic rings. The van der Waals surface area contributed by atoms with Gasteiger partial charge in [0, 0.05) is 16.8 Å². The van der Waals surface area contributed by atoms with E-state index in [1.165, 1.54) is 19.4 Å². The highest BCUT2D eigenvalue weighted by molar-refractivity contribution is 6.31. The second-order valence-corrected chi connectivity index (χ2v) is 4.21. The normalized spacial score (nSPS) is 10.0. The van der Waals surface area contributed by atoms with Gasteiger partial charge < -0.3 is 15.8 Å². The van der Waals surface area contributed by atoms with E-state index in [0.29, 0.717) is 27.8 Å². The van der Waals surface area contributed by atoms with E-state index in [4.69, 9.17) is 22.1 Å². The number of aromatic nitrogens is 1.